The summed E-state index contributed by atoms with van der Waals surface area (Å²) in [7, 11) is 0. The Kier molecular flexibility index (Phi) is 3.76. The third kappa shape index (κ3) is 2.65. The fourth-order valence-electron chi connectivity index (χ4n) is 1.77. The molecule has 0 aliphatic rings. The molecule has 0 radical (unpaired) electrons. The average molecular weight is 272 g/mol. The largest absolute Gasteiger partial charge is 0.480 e. The Morgan fingerprint density at radius 3 is 2.55 bits per heavy atom. The molecule has 6 nitrogen and oxygen atoms in total. The molecule has 1 aromatic carbocycles. The van der Waals surface area contributed by atoms with Crippen molar-refractivity contribution in [3.8, 4) is 11.3 Å². The summed E-state index contributed by atoms with van der Waals surface area (Å²) >= 11 is 0. The summed E-state index contributed by atoms with van der Waals surface area (Å²) < 4.78 is 0. The van der Waals surface area contributed by atoms with Crippen molar-refractivity contribution >= 4 is 5.97 Å². The van der Waals surface area contributed by atoms with Crippen molar-refractivity contribution < 1.29 is 9.90 Å². The second-order valence-corrected chi connectivity index (χ2v) is 5.07. The third-order valence-electron chi connectivity index (χ3n) is 3.25. The summed E-state index contributed by atoms with van der Waals surface area (Å²) in [6.07, 6.45) is 1.54. The number of nitrogens with zero attached hydrogens (tertiary/aromatic N) is 3. The summed E-state index contributed by atoms with van der Waals surface area (Å²) in [5.74, 6) is -0.780. The Balaban J connectivity index is 2.42. The number of hydrogen-bond acceptors (Lipinski definition) is 5. The minimum atomic E-state index is -1.10. The van der Waals surface area contributed by atoms with Gasteiger partial charge in [-0.1, -0.05) is 44.2 Å². The molecule has 2 rings (SSSR count). The van der Waals surface area contributed by atoms with Gasteiger partial charge in [0.1, 0.15) is 6.04 Å². The van der Waals surface area contributed by atoms with Crippen molar-refractivity contribution in [2.24, 2.45) is 5.73 Å². The fourth-order valence-corrected chi connectivity index (χ4v) is 1.77. The maximum atomic E-state index is 11.1. The molecule has 0 aliphatic carbocycles. The van der Waals surface area contributed by atoms with E-state index >= 15 is 0 Å². The highest BCUT2D eigenvalue weighted by Crippen LogP contribution is 2.24. The molecule has 0 spiro atoms. The quantitative estimate of drug-likeness (QED) is 0.867. The average Bonchev–Trinajstić information content (AvgIpc) is 2.47. The van der Waals surface area contributed by atoms with E-state index in [4.69, 9.17) is 10.8 Å². The van der Waals surface area contributed by atoms with E-state index in [9.17, 15) is 4.79 Å². The van der Waals surface area contributed by atoms with Gasteiger partial charge in [0.25, 0.3) is 0 Å². The van der Waals surface area contributed by atoms with Crippen LogP contribution in [0.2, 0.25) is 0 Å². The van der Waals surface area contributed by atoms with Crippen molar-refractivity contribution in [2.45, 2.75) is 25.3 Å². The highest BCUT2D eigenvalue weighted by Gasteiger charge is 2.37. The second kappa shape index (κ2) is 5.34. The lowest BCUT2D eigenvalue weighted by molar-refractivity contribution is -0.140. The maximum Gasteiger partial charge on any atom is 0.321 e. The molecule has 3 N–H and O–H groups in total. The standard InChI is InChI=1S/C14H16N4O2/c1-14(2,11(15)12(19)20)13-17-10(8-16-18-13)9-6-4-3-5-7-9/h3-8,11H,15H2,1-2H3,(H,19,20)/t11-/m1/s1. The molecule has 0 aliphatic heterocycles. The van der Waals surface area contributed by atoms with E-state index in [1.54, 1.807) is 20.0 Å². The van der Waals surface area contributed by atoms with Gasteiger partial charge in [0, 0.05) is 5.56 Å². The summed E-state index contributed by atoms with van der Waals surface area (Å²) in [5, 5.41) is 16.9. The molecule has 1 atom stereocenters. The van der Waals surface area contributed by atoms with E-state index in [1.807, 2.05) is 30.3 Å². The molecule has 20 heavy (non-hydrogen) atoms. The highest BCUT2D eigenvalue weighted by atomic mass is 16.4. The van der Waals surface area contributed by atoms with Crippen molar-refractivity contribution in [3.63, 3.8) is 0 Å². The molecule has 0 saturated carbocycles. The number of carboxylic acid groups (broad SMARTS) is 1. The molecule has 1 aromatic heterocycles. The molecule has 0 bridgehead atoms. The molecule has 0 saturated heterocycles. The third-order valence-corrected chi connectivity index (χ3v) is 3.25. The van der Waals surface area contributed by atoms with Gasteiger partial charge in [-0.2, -0.15) is 5.10 Å². The number of carbonyl (C=O) groups is 1. The number of nitrogens with two attached hydrogens (primary N) is 1. The van der Waals surface area contributed by atoms with Gasteiger partial charge in [0.2, 0.25) is 0 Å². The van der Waals surface area contributed by atoms with Gasteiger partial charge in [-0.3, -0.25) is 4.79 Å². The number of aromatic nitrogens is 3. The van der Waals surface area contributed by atoms with E-state index in [0.29, 0.717) is 11.5 Å². The van der Waals surface area contributed by atoms with Gasteiger partial charge in [0.15, 0.2) is 5.82 Å². The van der Waals surface area contributed by atoms with Crippen LogP contribution in [0.5, 0.6) is 0 Å². The zero-order chi connectivity index (χ0) is 14.8. The summed E-state index contributed by atoms with van der Waals surface area (Å²) in [5.41, 5.74) is 6.33. The van der Waals surface area contributed by atoms with E-state index in [1.165, 1.54) is 0 Å². The Morgan fingerprint density at radius 2 is 1.95 bits per heavy atom. The van der Waals surface area contributed by atoms with Crippen LogP contribution in [0.4, 0.5) is 0 Å². The van der Waals surface area contributed by atoms with Crippen LogP contribution in [0, 0.1) is 0 Å². The molecule has 0 unspecified atom stereocenters. The van der Waals surface area contributed by atoms with Crippen molar-refractivity contribution in [1.82, 2.24) is 15.2 Å². The zero-order valence-corrected chi connectivity index (χ0v) is 11.3. The van der Waals surface area contributed by atoms with Gasteiger partial charge < -0.3 is 10.8 Å². The van der Waals surface area contributed by atoms with Gasteiger partial charge in [0.05, 0.1) is 17.3 Å². The van der Waals surface area contributed by atoms with Gasteiger partial charge in [-0.25, -0.2) is 4.98 Å². The van der Waals surface area contributed by atoms with Crippen LogP contribution in [0.15, 0.2) is 36.5 Å². The molecule has 0 amide bonds. The molecule has 1 heterocycles. The number of aliphatic carboxylic acids is 1. The summed E-state index contributed by atoms with van der Waals surface area (Å²) in [6.45, 7) is 3.38. The topological polar surface area (TPSA) is 102 Å². The van der Waals surface area contributed by atoms with Crippen molar-refractivity contribution in [1.29, 1.82) is 0 Å². The summed E-state index contributed by atoms with van der Waals surface area (Å²) in [6, 6.07) is 8.39. The highest BCUT2D eigenvalue weighted by molar-refractivity contribution is 5.75. The summed E-state index contributed by atoms with van der Waals surface area (Å²) in [4.78, 5) is 15.5. The lowest BCUT2D eigenvalue weighted by atomic mass is 9.84. The first kappa shape index (κ1) is 14.1. The SMILES string of the molecule is CC(C)(c1nncc(-c2ccccc2)n1)[C@H](N)C(=O)O. The second-order valence-electron chi connectivity index (χ2n) is 5.07. The van der Waals surface area contributed by atoms with E-state index in [-0.39, 0.29) is 0 Å². The predicted octanol–water partition coefficient (Wildman–Crippen LogP) is 1.23. The first-order chi connectivity index (χ1) is 9.43. The minimum Gasteiger partial charge on any atom is -0.480 e. The Hall–Kier alpha value is -2.34. The van der Waals surface area contributed by atoms with Crippen LogP contribution in [-0.4, -0.2) is 32.3 Å². The normalized spacial score (nSPS) is 12.9. The molecular formula is C14H16N4O2. The lowest BCUT2D eigenvalue weighted by Crippen LogP contribution is -2.47. The number of carboxylic acids is 1. The van der Waals surface area contributed by atoms with E-state index in [2.05, 4.69) is 15.2 Å². The lowest BCUT2D eigenvalue weighted by Gasteiger charge is -2.26. The van der Waals surface area contributed by atoms with Crippen LogP contribution >= 0.6 is 0 Å². The maximum absolute atomic E-state index is 11.1. The number of benzene rings is 1. The zero-order valence-electron chi connectivity index (χ0n) is 11.3. The van der Waals surface area contributed by atoms with E-state index in [0.717, 1.165) is 5.56 Å². The Bertz CT molecular complexity index is 614. The van der Waals surface area contributed by atoms with Crippen LogP contribution < -0.4 is 5.73 Å². The van der Waals surface area contributed by atoms with Gasteiger partial charge >= 0.3 is 5.97 Å². The minimum absolute atomic E-state index is 0.314. The molecule has 104 valence electrons. The van der Waals surface area contributed by atoms with Crippen LogP contribution in [-0.2, 0) is 10.2 Å². The fraction of sp³-hybridized carbons (Fsp3) is 0.286. The monoisotopic (exact) mass is 272 g/mol. The number of hydrogen-bond donors (Lipinski definition) is 2. The first-order valence-electron chi connectivity index (χ1n) is 6.17. The smallest absolute Gasteiger partial charge is 0.321 e. The van der Waals surface area contributed by atoms with Crippen LogP contribution in [0.25, 0.3) is 11.3 Å². The Labute approximate surface area is 116 Å². The van der Waals surface area contributed by atoms with Crippen LogP contribution in [0.3, 0.4) is 0 Å². The predicted molar refractivity (Wildman–Crippen MR) is 73.9 cm³/mol. The first-order valence-corrected chi connectivity index (χ1v) is 6.17. The molecule has 0 fully saturated rings. The van der Waals surface area contributed by atoms with E-state index < -0.39 is 17.4 Å². The van der Waals surface area contributed by atoms with Crippen LogP contribution in [0.1, 0.15) is 19.7 Å². The number of rotatable bonds is 4. The molecular weight excluding hydrogens is 256 g/mol. The van der Waals surface area contributed by atoms with Gasteiger partial charge in [-0.15, -0.1) is 5.10 Å². The van der Waals surface area contributed by atoms with Gasteiger partial charge in [-0.05, 0) is 0 Å². The van der Waals surface area contributed by atoms with Crippen molar-refractivity contribution in [3.05, 3.63) is 42.4 Å². The Morgan fingerprint density at radius 1 is 1.30 bits per heavy atom. The molecule has 6 heteroatoms. The van der Waals surface area contributed by atoms with Crippen molar-refractivity contribution in [2.75, 3.05) is 0 Å². The molecule has 2 aromatic rings.